The summed E-state index contributed by atoms with van der Waals surface area (Å²) in [7, 11) is 0. The van der Waals surface area contributed by atoms with E-state index in [1.807, 2.05) is 13.8 Å². The van der Waals surface area contributed by atoms with Gasteiger partial charge in [0.1, 0.15) is 48.6 Å². The molecule has 0 rings (SSSR count). The monoisotopic (exact) mass is 981 g/mol. The van der Waals surface area contributed by atoms with Crippen molar-refractivity contribution in [2.24, 2.45) is 46.8 Å². The Morgan fingerprint density at radius 1 is 0.522 bits per heavy atom. The third-order valence-electron chi connectivity index (χ3n) is 11.2. The van der Waals surface area contributed by atoms with Crippen LogP contribution in [0, 0.1) is 29.6 Å². The molecule has 69 heavy (non-hydrogen) atoms. The van der Waals surface area contributed by atoms with Crippen LogP contribution >= 0.6 is 0 Å². The molecule has 0 bridgehead atoms. The molecule has 0 aromatic rings. The second-order valence-corrected chi connectivity index (χ2v) is 19.3. The highest BCUT2D eigenvalue weighted by Gasteiger charge is 2.35. The molecule has 0 saturated carbocycles. The van der Waals surface area contributed by atoms with Gasteiger partial charge in [0, 0.05) is 0 Å². The number of aldehydes is 1. The number of nitrogens with two attached hydrogens (primary N) is 3. The average molecular weight is 981 g/mol. The van der Waals surface area contributed by atoms with Gasteiger partial charge in [-0.2, -0.15) is 0 Å². The smallest absolute Gasteiger partial charge is 0.243 e. The zero-order chi connectivity index (χ0) is 53.3. The van der Waals surface area contributed by atoms with Gasteiger partial charge in [0.15, 0.2) is 0 Å². The van der Waals surface area contributed by atoms with Crippen molar-refractivity contribution in [1.82, 2.24) is 47.9 Å². The van der Waals surface area contributed by atoms with Gasteiger partial charge in [0.05, 0.1) is 25.0 Å². The third-order valence-corrected chi connectivity index (χ3v) is 11.2. The van der Waals surface area contributed by atoms with Crippen LogP contribution in [-0.2, 0) is 52.7 Å². The molecule has 0 spiro atoms. The van der Waals surface area contributed by atoms with E-state index in [0.29, 0.717) is 38.5 Å². The zero-order valence-electron chi connectivity index (χ0n) is 42.7. The van der Waals surface area contributed by atoms with Crippen molar-refractivity contribution in [3.05, 3.63) is 0 Å². The standard InChI is InChI=1S/C46H84N12O11/c1-13-27(10)38(46(69)55-33(20-35(49)60)43(66)51-28(11)40(63)56-34(22-59)25(6)7)57-36(61)21-50-42(65)31(18-23(2)3)53-39(62)29(12)52-45(68)37(26(8)9)58-44(67)32(19-24(4)5)54-41(64)30(48)16-14-15-17-47/h22-34,37-38H,13-21,47-48H2,1-12H3,(H2,49,60)(H,50,65)(H,51,66)(H,52,68)(H,53,62)(H,54,64)(H,55,69)(H,56,63)(H,57,61)(H,58,67)/t27-,28-,29-,30-,31-,32-,33-,34+,37-,38-/m0/s1. The lowest BCUT2D eigenvalue weighted by Crippen LogP contribution is -2.60. The largest absolute Gasteiger partial charge is 0.370 e. The Balaban J connectivity index is 5.88. The van der Waals surface area contributed by atoms with E-state index < -0.39 is 138 Å². The lowest BCUT2D eigenvalue weighted by Gasteiger charge is -2.28. The second-order valence-electron chi connectivity index (χ2n) is 19.3. The SMILES string of the molecule is CC[C@H](C)[C@H](NC(=O)CNC(=O)[C@H](CC(C)C)NC(=O)[C@H](C)NC(=O)[C@@H](NC(=O)[C@H](CC(C)C)NC(=O)[C@@H](N)CCCCN)C(C)C)C(=O)N[C@@H](CC(N)=O)C(=O)N[C@@H](C)C(=O)N[C@H](C=O)C(C)C. The fourth-order valence-electron chi connectivity index (χ4n) is 6.69. The summed E-state index contributed by atoms with van der Waals surface area (Å²) in [4.78, 5) is 143. The number of rotatable bonds is 33. The van der Waals surface area contributed by atoms with Gasteiger partial charge < -0.3 is 69.8 Å². The van der Waals surface area contributed by atoms with Crippen LogP contribution in [0.25, 0.3) is 0 Å². The predicted octanol–water partition coefficient (Wildman–Crippen LogP) is -2.00. The minimum atomic E-state index is -1.55. The van der Waals surface area contributed by atoms with Gasteiger partial charge in [-0.25, -0.2) is 0 Å². The molecule has 23 nitrogen and oxygen atoms in total. The maximum Gasteiger partial charge on any atom is 0.243 e. The molecule has 0 aliphatic rings. The first-order valence-electron chi connectivity index (χ1n) is 24.0. The van der Waals surface area contributed by atoms with Crippen molar-refractivity contribution < 1.29 is 52.7 Å². The van der Waals surface area contributed by atoms with Crippen LogP contribution in [0.5, 0.6) is 0 Å². The number of hydrogen-bond acceptors (Lipinski definition) is 13. The van der Waals surface area contributed by atoms with Crippen molar-refractivity contribution in [3.8, 4) is 0 Å². The summed E-state index contributed by atoms with van der Waals surface area (Å²) in [6.07, 6.45) is 2.38. The van der Waals surface area contributed by atoms with E-state index in [-0.39, 0.29) is 30.6 Å². The maximum atomic E-state index is 13.6. The Morgan fingerprint density at radius 3 is 1.48 bits per heavy atom. The topological polar surface area (TPSA) is 374 Å². The highest BCUT2D eigenvalue weighted by Crippen LogP contribution is 2.12. The highest BCUT2D eigenvalue weighted by atomic mass is 16.2. The first-order valence-corrected chi connectivity index (χ1v) is 24.0. The van der Waals surface area contributed by atoms with Crippen molar-refractivity contribution in [2.75, 3.05) is 13.1 Å². The Morgan fingerprint density at radius 2 is 1.00 bits per heavy atom. The average Bonchev–Trinajstić information content (AvgIpc) is 3.25. The number of primary amides is 1. The minimum Gasteiger partial charge on any atom is -0.370 e. The summed E-state index contributed by atoms with van der Waals surface area (Å²) in [6, 6.07) is -10.2. The van der Waals surface area contributed by atoms with Gasteiger partial charge in [-0.3, -0.25) is 47.9 Å². The van der Waals surface area contributed by atoms with Crippen molar-refractivity contribution in [3.63, 3.8) is 0 Å². The Bertz CT molecular complexity index is 1740. The molecule has 0 unspecified atom stereocenters. The van der Waals surface area contributed by atoms with Gasteiger partial charge in [0.25, 0.3) is 0 Å². The highest BCUT2D eigenvalue weighted by molar-refractivity contribution is 5.98. The quantitative estimate of drug-likeness (QED) is 0.0251. The number of nitrogens with one attached hydrogen (secondary N) is 9. The fourth-order valence-corrected chi connectivity index (χ4v) is 6.69. The Kier molecular flexibility index (Phi) is 29.5. The molecule has 0 fully saturated rings. The van der Waals surface area contributed by atoms with Gasteiger partial charge >= 0.3 is 0 Å². The Labute approximate surface area is 407 Å². The predicted molar refractivity (Wildman–Crippen MR) is 259 cm³/mol. The summed E-state index contributed by atoms with van der Waals surface area (Å²) < 4.78 is 0. The van der Waals surface area contributed by atoms with Gasteiger partial charge in [-0.05, 0) is 75.7 Å². The lowest BCUT2D eigenvalue weighted by molar-refractivity contribution is -0.136. The first-order chi connectivity index (χ1) is 32.1. The number of unbranched alkanes of at least 4 members (excludes halogenated alkanes) is 1. The molecule has 394 valence electrons. The van der Waals surface area contributed by atoms with E-state index in [4.69, 9.17) is 17.2 Å². The minimum absolute atomic E-state index is 0.00753. The summed E-state index contributed by atoms with van der Waals surface area (Å²) in [6.45, 7) is 20.1. The molecule has 0 aromatic heterocycles. The number of amides is 10. The van der Waals surface area contributed by atoms with E-state index in [1.165, 1.54) is 13.8 Å². The molecule has 0 aliphatic carbocycles. The summed E-state index contributed by atoms with van der Waals surface area (Å²) in [5, 5.41) is 23.0. The van der Waals surface area contributed by atoms with E-state index >= 15 is 0 Å². The Hall–Kier alpha value is -5.71. The normalized spacial score (nSPS) is 15.7. The first kappa shape index (κ1) is 63.3. The van der Waals surface area contributed by atoms with Crippen molar-refractivity contribution >= 4 is 65.4 Å². The van der Waals surface area contributed by atoms with Gasteiger partial charge in [0.2, 0.25) is 59.1 Å². The molecule has 0 radical (unpaired) electrons. The molecular weight excluding hydrogens is 897 g/mol. The number of carbonyl (C=O) groups is 11. The van der Waals surface area contributed by atoms with E-state index in [0.717, 1.165) is 0 Å². The second kappa shape index (κ2) is 32.2. The molecule has 0 saturated heterocycles. The maximum absolute atomic E-state index is 13.6. The molecule has 0 heterocycles. The van der Waals surface area contributed by atoms with Crippen LogP contribution in [0.2, 0.25) is 0 Å². The van der Waals surface area contributed by atoms with E-state index in [2.05, 4.69) is 47.9 Å². The fraction of sp³-hybridized carbons (Fsp3) is 0.761. The molecule has 10 amide bonds. The molecule has 0 aliphatic heterocycles. The van der Waals surface area contributed by atoms with Crippen LogP contribution in [0.15, 0.2) is 0 Å². The van der Waals surface area contributed by atoms with Gasteiger partial charge in [-0.1, -0.05) is 82.1 Å². The lowest BCUT2D eigenvalue weighted by atomic mass is 9.97. The van der Waals surface area contributed by atoms with E-state index in [1.54, 1.807) is 55.4 Å². The molecule has 23 heteroatoms. The molecular formula is C46H84N12O11. The van der Waals surface area contributed by atoms with Crippen LogP contribution in [0.3, 0.4) is 0 Å². The summed E-state index contributed by atoms with van der Waals surface area (Å²) in [5.74, 6) is -8.88. The van der Waals surface area contributed by atoms with Gasteiger partial charge in [-0.15, -0.1) is 0 Å². The zero-order valence-corrected chi connectivity index (χ0v) is 42.7. The third kappa shape index (κ3) is 24.4. The molecule has 10 atom stereocenters. The molecule has 15 N–H and O–H groups in total. The van der Waals surface area contributed by atoms with Crippen LogP contribution in [0.4, 0.5) is 0 Å². The summed E-state index contributed by atoms with van der Waals surface area (Å²) >= 11 is 0. The van der Waals surface area contributed by atoms with Crippen LogP contribution in [0.1, 0.15) is 128 Å². The number of hydrogen-bond donors (Lipinski definition) is 12. The number of carbonyl (C=O) groups excluding carboxylic acids is 11. The van der Waals surface area contributed by atoms with Crippen LogP contribution in [-0.4, -0.2) is 133 Å². The van der Waals surface area contributed by atoms with E-state index in [9.17, 15) is 52.7 Å². The van der Waals surface area contributed by atoms with Crippen molar-refractivity contribution in [2.45, 2.75) is 182 Å². The van der Waals surface area contributed by atoms with Crippen LogP contribution < -0.4 is 65.1 Å². The van der Waals surface area contributed by atoms with Crippen molar-refractivity contribution in [1.29, 1.82) is 0 Å². The molecule has 0 aromatic carbocycles. The summed E-state index contributed by atoms with van der Waals surface area (Å²) in [5.41, 5.74) is 17.0.